The first-order valence-electron chi connectivity index (χ1n) is 6.65. The van der Waals surface area contributed by atoms with Gasteiger partial charge in [-0.25, -0.2) is 0 Å². The Morgan fingerprint density at radius 1 is 1.37 bits per heavy atom. The lowest BCUT2D eigenvalue weighted by Crippen LogP contribution is -2.40. The SMILES string of the molecule is COC(=O)C(C)CN(CCOCCO)C(=O)C1CC1. The van der Waals surface area contributed by atoms with Gasteiger partial charge in [0.05, 0.1) is 32.8 Å². The average Bonchev–Trinajstić information content (AvgIpc) is 3.24. The highest BCUT2D eigenvalue weighted by Gasteiger charge is 2.34. The summed E-state index contributed by atoms with van der Waals surface area (Å²) in [5.74, 6) is -0.457. The molecule has 19 heavy (non-hydrogen) atoms. The van der Waals surface area contributed by atoms with Gasteiger partial charge in [0.15, 0.2) is 0 Å². The summed E-state index contributed by atoms with van der Waals surface area (Å²) in [4.78, 5) is 25.2. The van der Waals surface area contributed by atoms with E-state index in [1.54, 1.807) is 11.8 Å². The molecule has 1 aliphatic carbocycles. The van der Waals surface area contributed by atoms with Gasteiger partial charge < -0.3 is 19.5 Å². The van der Waals surface area contributed by atoms with E-state index >= 15 is 0 Å². The number of hydrogen-bond donors (Lipinski definition) is 1. The smallest absolute Gasteiger partial charge is 0.310 e. The maximum atomic E-state index is 12.1. The van der Waals surface area contributed by atoms with Gasteiger partial charge in [0.1, 0.15) is 0 Å². The van der Waals surface area contributed by atoms with E-state index in [0.29, 0.717) is 19.7 Å². The van der Waals surface area contributed by atoms with Crippen molar-refractivity contribution in [1.29, 1.82) is 0 Å². The van der Waals surface area contributed by atoms with Crippen molar-refractivity contribution in [2.45, 2.75) is 19.8 Å². The van der Waals surface area contributed by atoms with E-state index < -0.39 is 0 Å². The molecule has 0 aromatic carbocycles. The van der Waals surface area contributed by atoms with Crippen molar-refractivity contribution in [3.05, 3.63) is 0 Å². The topological polar surface area (TPSA) is 76.1 Å². The molecule has 0 bridgehead atoms. The molecule has 1 rings (SSSR count). The number of aliphatic hydroxyl groups excluding tert-OH is 1. The number of esters is 1. The monoisotopic (exact) mass is 273 g/mol. The first-order valence-corrected chi connectivity index (χ1v) is 6.65. The fourth-order valence-corrected chi connectivity index (χ4v) is 1.83. The zero-order valence-corrected chi connectivity index (χ0v) is 11.6. The summed E-state index contributed by atoms with van der Waals surface area (Å²) in [6.45, 7) is 3.13. The zero-order valence-electron chi connectivity index (χ0n) is 11.6. The molecular weight excluding hydrogens is 250 g/mol. The van der Waals surface area contributed by atoms with Gasteiger partial charge in [-0.15, -0.1) is 0 Å². The van der Waals surface area contributed by atoms with Crippen molar-refractivity contribution in [2.75, 3.05) is 40.0 Å². The van der Waals surface area contributed by atoms with Gasteiger partial charge in [0.25, 0.3) is 0 Å². The van der Waals surface area contributed by atoms with Crippen molar-refractivity contribution < 1.29 is 24.2 Å². The second kappa shape index (κ2) is 8.12. The number of amides is 1. The van der Waals surface area contributed by atoms with E-state index in [4.69, 9.17) is 9.84 Å². The molecule has 0 radical (unpaired) electrons. The number of hydrogen-bond acceptors (Lipinski definition) is 5. The van der Waals surface area contributed by atoms with Crippen molar-refractivity contribution >= 4 is 11.9 Å². The van der Waals surface area contributed by atoms with Crippen LogP contribution < -0.4 is 0 Å². The summed E-state index contributed by atoms with van der Waals surface area (Å²) in [5.41, 5.74) is 0. The van der Waals surface area contributed by atoms with Crippen molar-refractivity contribution in [1.82, 2.24) is 4.90 Å². The van der Waals surface area contributed by atoms with Crippen molar-refractivity contribution in [3.8, 4) is 0 Å². The van der Waals surface area contributed by atoms with E-state index in [0.717, 1.165) is 12.8 Å². The van der Waals surface area contributed by atoms with Crippen LogP contribution >= 0.6 is 0 Å². The molecule has 0 saturated heterocycles. The molecule has 0 aromatic rings. The third-order valence-electron chi connectivity index (χ3n) is 3.08. The first kappa shape index (κ1) is 15.9. The molecule has 0 aromatic heterocycles. The minimum absolute atomic E-state index is 0.0326. The highest BCUT2D eigenvalue weighted by molar-refractivity contribution is 5.82. The molecule has 1 amide bonds. The Labute approximate surface area is 113 Å². The quantitative estimate of drug-likeness (QED) is 0.474. The average molecular weight is 273 g/mol. The molecule has 1 N–H and O–H groups in total. The maximum absolute atomic E-state index is 12.1. The molecule has 1 fully saturated rings. The van der Waals surface area contributed by atoms with Gasteiger partial charge in [-0.05, 0) is 12.8 Å². The van der Waals surface area contributed by atoms with Crippen LogP contribution in [0.2, 0.25) is 0 Å². The number of nitrogens with zero attached hydrogens (tertiary/aromatic N) is 1. The summed E-state index contributed by atoms with van der Waals surface area (Å²) < 4.78 is 9.84. The Kier molecular flexibility index (Phi) is 6.80. The minimum Gasteiger partial charge on any atom is -0.469 e. The third-order valence-corrected chi connectivity index (χ3v) is 3.08. The molecule has 6 nitrogen and oxygen atoms in total. The molecule has 0 aliphatic heterocycles. The van der Waals surface area contributed by atoms with Crippen LogP contribution in [-0.4, -0.2) is 61.9 Å². The molecule has 0 heterocycles. The molecule has 1 atom stereocenters. The number of methoxy groups -OCH3 is 1. The number of carbonyl (C=O) groups excluding carboxylic acids is 2. The van der Waals surface area contributed by atoms with Crippen molar-refractivity contribution in [2.24, 2.45) is 11.8 Å². The first-order chi connectivity index (χ1) is 9.10. The molecular formula is C13H23NO5. The maximum Gasteiger partial charge on any atom is 0.310 e. The van der Waals surface area contributed by atoms with Crippen LogP contribution in [0.15, 0.2) is 0 Å². The molecule has 1 aliphatic rings. The van der Waals surface area contributed by atoms with E-state index in [9.17, 15) is 9.59 Å². The summed E-state index contributed by atoms with van der Waals surface area (Å²) >= 11 is 0. The highest BCUT2D eigenvalue weighted by atomic mass is 16.5. The van der Waals surface area contributed by atoms with Crippen LogP contribution in [0.4, 0.5) is 0 Å². The Morgan fingerprint density at radius 3 is 2.58 bits per heavy atom. The predicted molar refractivity (Wildman–Crippen MR) is 68.4 cm³/mol. The van der Waals surface area contributed by atoms with Gasteiger partial charge in [-0.2, -0.15) is 0 Å². The van der Waals surface area contributed by atoms with E-state index in [-0.39, 0.29) is 36.9 Å². The summed E-state index contributed by atoms with van der Waals surface area (Å²) in [6.07, 6.45) is 1.86. The van der Waals surface area contributed by atoms with Crippen LogP contribution in [0.5, 0.6) is 0 Å². The lowest BCUT2D eigenvalue weighted by molar-refractivity contribution is -0.146. The Balaban J connectivity index is 2.43. The number of aliphatic hydroxyl groups is 1. The lowest BCUT2D eigenvalue weighted by atomic mass is 10.1. The molecule has 0 spiro atoms. The van der Waals surface area contributed by atoms with Crippen LogP contribution in [0.25, 0.3) is 0 Å². The summed E-state index contributed by atoms with van der Waals surface area (Å²) in [7, 11) is 1.34. The standard InChI is InChI=1S/C13H23NO5/c1-10(13(17)18-2)9-14(5-7-19-8-6-15)12(16)11-3-4-11/h10-11,15H,3-9H2,1-2H3. The fourth-order valence-electron chi connectivity index (χ4n) is 1.83. The van der Waals surface area contributed by atoms with Gasteiger partial charge in [0, 0.05) is 19.0 Å². The van der Waals surface area contributed by atoms with Crippen LogP contribution in [0.3, 0.4) is 0 Å². The summed E-state index contributed by atoms with van der Waals surface area (Å²) in [6, 6.07) is 0. The normalized spacial score (nSPS) is 15.9. The van der Waals surface area contributed by atoms with Gasteiger partial charge in [-0.3, -0.25) is 9.59 Å². The second-order valence-corrected chi connectivity index (χ2v) is 4.82. The fraction of sp³-hybridized carbons (Fsp3) is 0.846. The number of carbonyl (C=O) groups is 2. The predicted octanol–water partition coefficient (Wildman–Crippen LogP) is 0.0430. The molecule has 1 unspecified atom stereocenters. The van der Waals surface area contributed by atoms with Gasteiger partial charge in [-0.1, -0.05) is 6.92 Å². The van der Waals surface area contributed by atoms with Crippen LogP contribution in [0.1, 0.15) is 19.8 Å². The number of rotatable bonds is 9. The molecule has 6 heteroatoms. The Bertz CT molecular complexity index is 303. The minimum atomic E-state index is -0.342. The van der Waals surface area contributed by atoms with Gasteiger partial charge in [0.2, 0.25) is 5.91 Å². The zero-order chi connectivity index (χ0) is 14.3. The second-order valence-electron chi connectivity index (χ2n) is 4.82. The van der Waals surface area contributed by atoms with Crippen molar-refractivity contribution in [3.63, 3.8) is 0 Å². The van der Waals surface area contributed by atoms with Gasteiger partial charge >= 0.3 is 5.97 Å². The lowest BCUT2D eigenvalue weighted by Gasteiger charge is -2.25. The third kappa shape index (κ3) is 5.57. The van der Waals surface area contributed by atoms with E-state index in [1.807, 2.05) is 0 Å². The largest absolute Gasteiger partial charge is 0.469 e. The van der Waals surface area contributed by atoms with Crippen LogP contribution in [0, 0.1) is 11.8 Å². The summed E-state index contributed by atoms with van der Waals surface area (Å²) in [5, 5.41) is 8.62. The Hall–Kier alpha value is -1.14. The van der Waals surface area contributed by atoms with E-state index in [2.05, 4.69) is 4.74 Å². The van der Waals surface area contributed by atoms with Crippen LogP contribution in [-0.2, 0) is 19.1 Å². The Morgan fingerprint density at radius 2 is 2.05 bits per heavy atom. The molecule has 110 valence electrons. The molecule has 1 saturated carbocycles. The number of ether oxygens (including phenoxy) is 2. The highest BCUT2D eigenvalue weighted by Crippen LogP contribution is 2.31. The van der Waals surface area contributed by atoms with E-state index in [1.165, 1.54) is 7.11 Å².